The van der Waals surface area contributed by atoms with E-state index in [0.717, 1.165) is 0 Å². The van der Waals surface area contributed by atoms with Crippen LogP contribution < -0.4 is 5.19 Å². The second-order valence-corrected chi connectivity index (χ2v) is 12.8. The zero-order chi connectivity index (χ0) is 19.4. The van der Waals surface area contributed by atoms with Crippen molar-refractivity contribution in [2.75, 3.05) is 0 Å². The SMILES string of the molecule is Fc1c(F)c(F)c(-c2c(F)c(F)c([Si](Cl)(Cl)Cl)c(F)c2F)c(F)c1F. The lowest BCUT2D eigenvalue weighted by atomic mass is 10.0. The van der Waals surface area contributed by atoms with E-state index < -0.39 is 74.7 Å². The van der Waals surface area contributed by atoms with Crippen molar-refractivity contribution < 1.29 is 39.5 Å². The highest BCUT2D eigenvalue weighted by atomic mass is 35.8. The smallest absolute Gasteiger partial charge is 0.204 e. The van der Waals surface area contributed by atoms with Crippen LogP contribution in [-0.4, -0.2) is 6.00 Å². The molecule has 0 nitrogen and oxygen atoms in total. The van der Waals surface area contributed by atoms with E-state index in [4.69, 9.17) is 33.2 Å². The standard InChI is InChI=1S/C12Cl3F9Si/c13-25(14,15)12-10(23)5(18)2(6(19)11(12)24)1-3(16)7(20)9(22)8(21)4(1)17. The van der Waals surface area contributed by atoms with E-state index in [2.05, 4.69) is 0 Å². The molecule has 2 aromatic rings. The van der Waals surface area contributed by atoms with Crippen molar-refractivity contribution in [3.05, 3.63) is 52.4 Å². The molecular formula is C12Cl3F9Si. The summed E-state index contributed by atoms with van der Waals surface area (Å²) in [5.74, 6) is -22.8. The van der Waals surface area contributed by atoms with Gasteiger partial charge in [-0.2, -0.15) is 0 Å². The van der Waals surface area contributed by atoms with Crippen LogP contribution in [0.2, 0.25) is 0 Å². The van der Waals surface area contributed by atoms with E-state index in [-0.39, 0.29) is 0 Å². The normalized spacial score (nSPS) is 12.0. The van der Waals surface area contributed by atoms with Crippen molar-refractivity contribution in [3.63, 3.8) is 0 Å². The van der Waals surface area contributed by atoms with Crippen LogP contribution in [-0.2, 0) is 0 Å². The molecule has 0 bridgehead atoms. The van der Waals surface area contributed by atoms with E-state index in [9.17, 15) is 39.5 Å². The summed E-state index contributed by atoms with van der Waals surface area (Å²) in [7, 11) is 0. The highest BCUT2D eigenvalue weighted by Gasteiger charge is 2.42. The summed E-state index contributed by atoms with van der Waals surface area (Å²) >= 11 is 15.9. The minimum Gasteiger partial charge on any atom is -0.204 e. The van der Waals surface area contributed by atoms with Gasteiger partial charge in [0.25, 0.3) is 0 Å². The number of rotatable bonds is 2. The maximum absolute atomic E-state index is 14.0. The topological polar surface area (TPSA) is 0 Å². The lowest BCUT2D eigenvalue weighted by molar-refractivity contribution is 0.379. The highest BCUT2D eigenvalue weighted by molar-refractivity contribution is 7.69. The van der Waals surface area contributed by atoms with Gasteiger partial charge in [0.1, 0.15) is 0 Å². The molecule has 0 radical (unpaired) electrons. The Balaban J connectivity index is 3.03. The summed E-state index contributed by atoms with van der Waals surface area (Å²) in [6.07, 6.45) is 0. The molecule has 13 heteroatoms. The molecule has 0 unspecified atom stereocenters. The number of halogens is 12. The largest absolute Gasteiger partial charge is 0.379 e. The van der Waals surface area contributed by atoms with Gasteiger partial charge in [0.2, 0.25) is 5.82 Å². The molecule has 0 atom stereocenters. The summed E-state index contributed by atoms with van der Waals surface area (Å²) in [5.41, 5.74) is -4.38. The van der Waals surface area contributed by atoms with Crippen LogP contribution in [0.4, 0.5) is 39.5 Å². The molecule has 0 amide bonds. The Labute approximate surface area is 147 Å². The summed E-state index contributed by atoms with van der Waals surface area (Å²) in [4.78, 5) is 0. The van der Waals surface area contributed by atoms with E-state index in [1.54, 1.807) is 0 Å². The van der Waals surface area contributed by atoms with Crippen LogP contribution >= 0.6 is 33.2 Å². The molecule has 0 fully saturated rings. The van der Waals surface area contributed by atoms with Gasteiger partial charge in [0.15, 0.2) is 46.5 Å². The first-order valence-corrected chi connectivity index (χ1v) is 10.8. The fourth-order valence-corrected chi connectivity index (χ4v) is 4.13. The van der Waals surface area contributed by atoms with Gasteiger partial charge >= 0.3 is 6.00 Å². The lowest BCUT2D eigenvalue weighted by Gasteiger charge is -2.16. The predicted molar refractivity (Wildman–Crippen MR) is 74.4 cm³/mol. The Morgan fingerprint density at radius 3 is 0.920 bits per heavy atom. The molecule has 0 spiro atoms. The molecule has 0 aromatic heterocycles. The van der Waals surface area contributed by atoms with Crippen molar-refractivity contribution >= 4 is 44.4 Å². The monoisotopic (exact) mass is 448 g/mol. The van der Waals surface area contributed by atoms with Gasteiger partial charge in [-0.05, 0) is 0 Å². The first-order chi connectivity index (χ1) is 11.3. The van der Waals surface area contributed by atoms with Gasteiger partial charge in [-0.25, -0.2) is 39.5 Å². The van der Waals surface area contributed by atoms with Crippen molar-refractivity contribution in [1.82, 2.24) is 0 Å². The van der Waals surface area contributed by atoms with Gasteiger partial charge in [0.05, 0.1) is 16.3 Å². The molecule has 136 valence electrons. The molecule has 2 aromatic carbocycles. The van der Waals surface area contributed by atoms with Gasteiger partial charge in [-0.15, -0.1) is 33.2 Å². The average molecular weight is 450 g/mol. The average Bonchev–Trinajstić information content (AvgIpc) is 2.51. The number of hydrogen-bond donors (Lipinski definition) is 0. The minimum absolute atomic E-state index is 1.64. The fourth-order valence-electron chi connectivity index (χ4n) is 1.92. The van der Waals surface area contributed by atoms with Crippen LogP contribution in [0, 0.1) is 52.4 Å². The van der Waals surface area contributed by atoms with E-state index >= 15 is 0 Å². The van der Waals surface area contributed by atoms with Crippen molar-refractivity contribution in [3.8, 4) is 11.1 Å². The summed E-state index contributed by atoms with van der Waals surface area (Å²) in [6.45, 7) is 0. The Morgan fingerprint density at radius 1 is 0.400 bits per heavy atom. The van der Waals surface area contributed by atoms with Gasteiger partial charge in [-0.3, -0.25) is 0 Å². The van der Waals surface area contributed by atoms with Gasteiger partial charge in [-0.1, -0.05) is 0 Å². The number of hydrogen-bond acceptors (Lipinski definition) is 0. The first-order valence-electron chi connectivity index (χ1n) is 5.77. The Morgan fingerprint density at radius 2 is 0.640 bits per heavy atom. The minimum atomic E-state index is -4.58. The van der Waals surface area contributed by atoms with Gasteiger partial charge < -0.3 is 0 Å². The van der Waals surface area contributed by atoms with Crippen LogP contribution in [0.5, 0.6) is 0 Å². The predicted octanol–water partition coefficient (Wildman–Crippen LogP) is 5.47. The molecular weight excluding hydrogens is 450 g/mol. The second-order valence-electron chi connectivity index (χ2n) is 4.45. The number of benzene rings is 2. The lowest BCUT2D eigenvalue weighted by Crippen LogP contribution is -2.38. The molecule has 0 aliphatic rings. The summed E-state index contributed by atoms with van der Waals surface area (Å²) in [5, 5.41) is -1.64. The van der Waals surface area contributed by atoms with Crippen molar-refractivity contribution in [1.29, 1.82) is 0 Å². The third-order valence-corrected chi connectivity index (χ3v) is 5.71. The summed E-state index contributed by atoms with van der Waals surface area (Å²) < 4.78 is 123. The molecule has 0 heterocycles. The van der Waals surface area contributed by atoms with Crippen molar-refractivity contribution in [2.45, 2.75) is 0 Å². The van der Waals surface area contributed by atoms with Crippen LogP contribution in [0.25, 0.3) is 11.1 Å². The van der Waals surface area contributed by atoms with Crippen LogP contribution in [0.15, 0.2) is 0 Å². The maximum atomic E-state index is 14.0. The quantitative estimate of drug-likeness (QED) is 0.188. The molecule has 0 saturated carbocycles. The highest BCUT2D eigenvalue weighted by Crippen LogP contribution is 2.37. The zero-order valence-electron chi connectivity index (χ0n) is 11.0. The van der Waals surface area contributed by atoms with Crippen LogP contribution in [0.1, 0.15) is 0 Å². The van der Waals surface area contributed by atoms with Crippen molar-refractivity contribution in [2.24, 2.45) is 0 Å². The van der Waals surface area contributed by atoms with Gasteiger partial charge in [0, 0.05) is 0 Å². The third kappa shape index (κ3) is 3.09. The maximum Gasteiger partial charge on any atom is 0.379 e. The first kappa shape index (κ1) is 20.2. The molecule has 0 aliphatic carbocycles. The Hall–Kier alpha value is -1.10. The molecule has 25 heavy (non-hydrogen) atoms. The molecule has 2 rings (SSSR count). The van der Waals surface area contributed by atoms with E-state index in [1.807, 2.05) is 0 Å². The van der Waals surface area contributed by atoms with Crippen LogP contribution in [0.3, 0.4) is 0 Å². The van der Waals surface area contributed by atoms with E-state index in [0.29, 0.717) is 0 Å². The molecule has 0 saturated heterocycles. The summed E-state index contributed by atoms with van der Waals surface area (Å²) in [6, 6.07) is -4.58. The van der Waals surface area contributed by atoms with E-state index in [1.165, 1.54) is 0 Å². The Kier molecular flexibility index (Phi) is 5.31. The Bertz CT molecular complexity index is 837. The molecule has 0 N–H and O–H groups in total. The third-order valence-electron chi connectivity index (χ3n) is 3.01. The second kappa shape index (κ2) is 6.56. The fraction of sp³-hybridized carbons (Fsp3) is 0. The molecule has 0 aliphatic heterocycles. The zero-order valence-corrected chi connectivity index (χ0v) is 14.3.